The lowest BCUT2D eigenvalue weighted by molar-refractivity contribution is 0.0111. The summed E-state index contributed by atoms with van der Waals surface area (Å²) in [4.78, 5) is 0. The molecule has 0 aromatic heterocycles. The van der Waals surface area contributed by atoms with Crippen molar-refractivity contribution in [1.82, 2.24) is 0 Å². The number of benzene rings is 1. The lowest BCUT2D eigenvalue weighted by atomic mass is 9.71. The molecule has 1 atom stereocenters. The summed E-state index contributed by atoms with van der Waals surface area (Å²) in [5.41, 5.74) is 3.74. The van der Waals surface area contributed by atoms with Crippen molar-refractivity contribution in [3.8, 4) is 0 Å². The molecule has 1 aliphatic carbocycles. The van der Waals surface area contributed by atoms with Crippen molar-refractivity contribution in [2.24, 2.45) is 11.3 Å². The number of hydrogen-bond acceptors (Lipinski definition) is 2. The monoisotopic (exact) mass is 274 g/mol. The van der Waals surface area contributed by atoms with Gasteiger partial charge >= 0.3 is 0 Å². The molecule has 0 spiro atoms. The summed E-state index contributed by atoms with van der Waals surface area (Å²) in [6, 6.07) is 6.42. The molecule has 0 bridgehead atoms. The van der Waals surface area contributed by atoms with Crippen molar-refractivity contribution in [1.29, 1.82) is 0 Å². The Bertz CT molecular complexity index is 472. The van der Waals surface area contributed by atoms with Crippen LogP contribution in [0.5, 0.6) is 0 Å². The van der Waals surface area contributed by atoms with Crippen molar-refractivity contribution in [2.45, 2.75) is 65.3 Å². The van der Waals surface area contributed by atoms with Crippen LogP contribution in [0.2, 0.25) is 0 Å². The molecule has 20 heavy (non-hydrogen) atoms. The number of fused-ring (bicyclic) bond motifs is 1. The standard InChI is InChI=1S/C18H26O2/c1-13(2)10-18(7-3-4-8-18)17(19)14-5-6-15-11-20-12-16(15)9-14/h5-6,9,13,17,19H,3-4,7-8,10-12H2,1-2H3. The fraction of sp³-hybridized carbons (Fsp3) is 0.667. The lowest BCUT2D eigenvalue weighted by Crippen LogP contribution is -2.27. The van der Waals surface area contributed by atoms with Crippen LogP contribution in [0.4, 0.5) is 0 Å². The van der Waals surface area contributed by atoms with E-state index in [2.05, 4.69) is 32.0 Å². The number of aliphatic hydroxyl groups is 1. The number of rotatable bonds is 4. The molecule has 3 rings (SSSR count). The molecule has 0 saturated heterocycles. The second-order valence-electron chi connectivity index (χ2n) is 7.09. The molecule has 1 saturated carbocycles. The van der Waals surface area contributed by atoms with Gasteiger partial charge in [0, 0.05) is 5.41 Å². The zero-order chi connectivity index (χ0) is 14.2. The molecule has 1 heterocycles. The van der Waals surface area contributed by atoms with E-state index in [0.717, 1.165) is 18.6 Å². The Morgan fingerprint density at radius 2 is 1.85 bits per heavy atom. The Labute approximate surface area is 122 Å². The Morgan fingerprint density at radius 3 is 2.55 bits per heavy atom. The smallest absolute Gasteiger partial charge is 0.0846 e. The highest BCUT2D eigenvalue weighted by Gasteiger charge is 2.41. The Hall–Kier alpha value is -0.860. The zero-order valence-corrected chi connectivity index (χ0v) is 12.7. The van der Waals surface area contributed by atoms with Crippen molar-refractivity contribution in [2.75, 3.05) is 0 Å². The van der Waals surface area contributed by atoms with Gasteiger partial charge in [0.15, 0.2) is 0 Å². The van der Waals surface area contributed by atoms with E-state index in [1.807, 2.05) is 0 Å². The van der Waals surface area contributed by atoms with Gasteiger partial charge < -0.3 is 9.84 Å². The molecule has 1 N–H and O–H groups in total. The third-order valence-electron chi connectivity index (χ3n) is 5.06. The van der Waals surface area contributed by atoms with Crippen LogP contribution >= 0.6 is 0 Å². The molecule has 2 aliphatic rings. The van der Waals surface area contributed by atoms with Gasteiger partial charge in [-0.15, -0.1) is 0 Å². The van der Waals surface area contributed by atoms with Gasteiger partial charge in [0.1, 0.15) is 0 Å². The predicted molar refractivity (Wildman–Crippen MR) is 80.3 cm³/mol. The lowest BCUT2D eigenvalue weighted by Gasteiger charge is -2.36. The van der Waals surface area contributed by atoms with Crippen LogP contribution < -0.4 is 0 Å². The first kappa shape index (κ1) is 14.1. The van der Waals surface area contributed by atoms with Crippen molar-refractivity contribution in [3.63, 3.8) is 0 Å². The van der Waals surface area contributed by atoms with E-state index in [9.17, 15) is 5.11 Å². The third kappa shape index (κ3) is 2.51. The summed E-state index contributed by atoms with van der Waals surface area (Å²) in [6.07, 6.45) is 5.66. The minimum absolute atomic E-state index is 0.0991. The van der Waals surface area contributed by atoms with E-state index in [1.165, 1.54) is 36.8 Å². The summed E-state index contributed by atoms with van der Waals surface area (Å²) in [5, 5.41) is 11.0. The highest BCUT2D eigenvalue weighted by Crippen LogP contribution is 2.51. The average Bonchev–Trinajstić information content (AvgIpc) is 3.05. The molecule has 1 aromatic rings. The number of hydrogen-bond donors (Lipinski definition) is 1. The molecule has 110 valence electrons. The molecular formula is C18H26O2. The first-order valence-electron chi connectivity index (χ1n) is 7.98. The van der Waals surface area contributed by atoms with Gasteiger partial charge in [0.2, 0.25) is 0 Å². The summed E-state index contributed by atoms with van der Waals surface area (Å²) in [7, 11) is 0. The molecule has 1 aromatic carbocycles. The van der Waals surface area contributed by atoms with Gasteiger partial charge in [0.05, 0.1) is 19.3 Å². The van der Waals surface area contributed by atoms with E-state index < -0.39 is 0 Å². The molecule has 1 aliphatic heterocycles. The van der Waals surface area contributed by atoms with Gasteiger partial charge in [-0.05, 0) is 41.9 Å². The van der Waals surface area contributed by atoms with E-state index >= 15 is 0 Å². The van der Waals surface area contributed by atoms with Gasteiger partial charge in [-0.3, -0.25) is 0 Å². The van der Waals surface area contributed by atoms with Gasteiger partial charge in [-0.25, -0.2) is 0 Å². The molecule has 1 fully saturated rings. The third-order valence-corrected chi connectivity index (χ3v) is 5.06. The second-order valence-corrected chi connectivity index (χ2v) is 7.09. The van der Waals surface area contributed by atoms with Gasteiger partial charge in [0.25, 0.3) is 0 Å². The topological polar surface area (TPSA) is 29.5 Å². The molecule has 2 nitrogen and oxygen atoms in total. The van der Waals surface area contributed by atoms with Crippen molar-refractivity contribution >= 4 is 0 Å². The van der Waals surface area contributed by atoms with Crippen LogP contribution in [0.3, 0.4) is 0 Å². The van der Waals surface area contributed by atoms with Crippen LogP contribution in [0, 0.1) is 11.3 Å². The largest absolute Gasteiger partial charge is 0.388 e. The van der Waals surface area contributed by atoms with Crippen molar-refractivity contribution < 1.29 is 9.84 Å². The van der Waals surface area contributed by atoms with Crippen LogP contribution in [0.25, 0.3) is 0 Å². The maximum Gasteiger partial charge on any atom is 0.0846 e. The summed E-state index contributed by atoms with van der Waals surface area (Å²) in [6.45, 7) is 5.96. The molecule has 2 heteroatoms. The first-order chi connectivity index (χ1) is 9.61. The van der Waals surface area contributed by atoms with E-state index in [1.54, 1.807) is 0 Å². The number of ether oxygens (including phenoxy) is 1. The average molecular weight is 274 g/mol. The first-order valence-corrected chi connectivity index (χ1v) is 7.98. The van der Waals surface area contributed by atoms with Gasteiger partial charge in [-0.1, -0.05) is 44.9 Å². The Morgan fingerprint density at radius 1 is 1.15 bits per heavy atom. The normalized spacial score (nSPS) is 22.2. The molecule has 1 unspecified atom stereocenters. The molecular weight excluding hydrogens is 248 g/mol. The van der Waals surface area contributed by atoms with Crippen molar-refractivity contribution in [3.05, 3.63) is 34.9 Å². The maximum atomic E-state index is 11.0. The SMILES string of the molecule is CC(C)CC1(C(O)c2ccc3c(c2)COC3)CCCC1. The minimum Gasteiger partial charge on any atom is -0.388 e. The quantitative estimate of drug-likeness (QED) is 0.884. The highest BCUT2D eigenvalue weighted by molar-refractivity contribution is 5.35. The van der Waals surface area contributed by atoms with Crippen LogP contribution in [0.15, 0.2) is 18.2 Å². The maximum absolute atomic E-state index is 11.0. The summed E-state index contributed by atoms with van der Waals surface area (Å²) >= 11 is 0. The predicted octanol–water partition coefficient (Wildman–Crippen LogP) is 4.36. The molecule has 0 amide bonds. The minimum atomic E-state index is -0.321. The summed E-state index contributed by atoms with van der Waals surface area (Å²) < 4.78 is 5.48. The van der Waals surface area contributed by atoms with E-state index in [-0.39, 0.29) is 11.5 Å². The van der Waals surface area contributed by atoms with E-state index in [4.69, 9.17) is 4.74 Å². The highest BCUT2D eigenvalue weighted by atomic mass is 16.5. The fourth-order valence-electron chi connectivity index (χ4n) is 4.20. The fourth-order valence-corrected chi connectivity index (χ4v) is 4.20. The van der Waals surface area contributed by atoms with Crippen LogP contribution in [-0.2, 0) is 18.0 Å². The number of aliphatic hydroxyl groups excluding tert-OH is 1. The van der Waals surface area contributed by atoms with Gasteiger partial charge in [-0.2, -0.15) is 0 Å². The Kier molecular flexibility index (Phi) is 3.87. The van der Waals surface area contributed by atoms with Crippen LogP contribution in [-0.4, -0.2) is 5.11 Å². The summed E-state index contributed by atoms with van der Waals surface area (Å²) in [5.74, 6) is 0.639. The van der Waals surface area contributed by atoms with Crippen LogP contribution in [0.1, 0.15) is 68.7 Å². The molecule has 0 radical (unpaired) electrons. The second kappa shape index (κ2) is 5.50. The van der Waals surface area contributed by atoms with E-state index in [0.29, 0.717) is 12.5 Å². The Balaban J connectivity index is 1.87. The zero-order valence-electron chi connectivity index (χ0n) is 12.7.